The predicted octanol–water partition coefficient (Wildman–Crippen LogP) is 4.36. The Kier molecular flexibility index (Phi) is 12.5. The normalized spacial score (nSPS) is 15.2. The topological polar surface area (TPSA) is 140 Å². The zero-order chi connectivity index (χ0) is 34.1. The number of hydrogen-bond donors (Lipinski definition) is 4. The van der Waals surface area contributed by atoms with Crippen molar-refractivity contribution in [2.75, 3.05) is 55.7 Å². The average molecular weight is 651 g/mol. The Morgan fingerprint density at radius 1 is 1.19 bits per heavy atom. The number of pyridine rings is 2. The zero-order valence-corrected chi connectivity index (χ0v) is 28.0. The van der Waals surface area contributed by atoms with Gasteiger partial charge in [-0.25, -0.2) is 9.37 Å². The molecule has 47 heavy (non-hydrogen) atoms. The monoisotopic (exact) mass is 650 g/mol. The van der Waals surface area contributed by atoms with Crippen LogP contribution in [0.2, 0.25) is 0 Å². The Balaban J connectivity index is 0.00000160. The minimum Gasteiger partial charge on any atom is -0.483 e. The highest BCUT2D eigenvalue weighted by molar-refractivity contribution is 5.99. The van der Waals surface area contributed by atoms with Gasteiger partial charge in [-0.2, -0.15) is 0 Å². The molecule has 0 aliphatic carbocycles. The Morgan fingerprint density at radius 2 is 1.87 bits per heavy atom. The highest BCUT2D eigenvalue weighted by atomic mass is 19.1. The lowest BCUT2D eigenvalue weighted by atomic mass is 9.95. The molecule has 3 aromatic rings. The molecule has 0 unspecified atom stereocenters. The number of H-pyrrole nitrogens is 1. The number of carbonyl (C=O) groups is 2. The number of amides is 1. The van der Waals surface area contributed by atoms with Gasteiger partial charge in [0.05, 0.1) is 5.69 Å². The predicted molar refractivity (Wildman–Crippen MR) is 182 cm³/mol. The molecule has 2 aliphatic heterocycles. The molecule has 1 amide bonds. The summed E-state index contributed by atoms with van der Waals surface area (Å²) in [6.07, 6.45) is 3.71. The molecule has 11 nitrogen and oxygen atoms in total. The van der Waals surface area contributed by atoms with E-state index >= 15 is 4.39 Å². The van der Waals surface area contributed by atoms with Gasteiger partial charge in [-0.1, -0.05) is 13.8 Å². The van der Waals surface area contributed by atoms with E-state index in [1.54, 1.807) is 6.92 Å². The van der Waals surface area contributed by atoms with E-state index in [2.05, 4.69) is 44.5 Å². The van der Waals surface area contributed by atoms with Crippen LogP contribution in [0.25, 0.3) is 11.1 Å². The van der Waals surface area contributed by atoms with Crippen molar-refractivity contribution in [3.05, 3.63) is 74.6 Å². The number of anilines is 2. The summed E-state index contributed by atoms with van der Waals surface area (Å²) in [5.41, 5.74) is 4.58. The molecule has 2 aliphatic rings. The molecule has 4 heterocycles. The lowest BCUT2D eigenvalue weighted by Crippen LogP contribution is -2.43. The number of aryl methyl sites for hydroxylation is 1. The molecule has 0 spiro atoms. The summed E-state index contributed by atoms with van der Waals surface area (Å²) in [4.78, 5) is 47.1. The van der Waals surface area contributed by atoms with Crippen LogP contribution in [0.15, 0.2) is 35.3 Å². The van der Waals surface area contributed by atoms with Crippen LogP contribution in [0.4, 0.5) is 15.9 Å². The highest BCUT2D eigenvalue weighted by Gasteiger charge is 2.26. The highest BCUT2D eigenvalue weighted by Crippen LogP contribution is 2.34. The minimum absolute atomic E-state index is 0.0731. The van der Waals surface area contributed by atoms with Crippen molar-refractivity contribution in [1.82, 2.24) is 20.6 Å². The molecular weight excluding hydrogens is 603 g/mol. The van der Waals surface area contributed by atoms with Crippen LogP contribution in [0.3, 0.4) is 0 Å². The molecule has 2 aromatic heterocycles. The van der Waals surface area contributed by atoms with Crippen molar-refractivity contribution >= 4 is 23.9 Å². The van der Waals surface area contributed by atoms with E-state index in [-0.39, 0.29) is 41.7 Å². The Morgan fingerprint density at radius 3 is 2.47 bits per heavy atom. The first-order valence-electron chi connectivity index (χ1n) is 16.3. The summed E-state index contributed by atoms with van der Waals surface area (Å²) in [6.45, 7) is 14.9. The number of carbonyl (C=O) groups excluding carboxylic acids is 1. The van der Waals surface area contributed by atoms with Crippen LogP contribution in [0.5, 0.6) is 0 Å². The van der Waals surface area contributed by atoms with Gasteiger partial charge >= 0.3 is 0 Å². The Hall–Kier alpha value is -4.29. The van der Waals surface area contributed by atoms with Crippen LogP contribution in [-0.4, -0.2) is 79.4 Å². The smallest absolute Gasteiger partial charge is 0.290 e. The number of rotatable bonds is 9. The quantitative estimate of drug-likeness (QED) is 0.249. The van der Waals surface area contributed by atoms with Gasteiger partial charge in [0.2, 0.25) is 0 Å². The van der Waals surface area contributed by atoms with E-state index in [0.717, 1.165) is 73.8 Å². The summed E-state index contributed by atoms with van der Waals surface area (Å²) >= 11 is 0. The standard InChI is InChI=1S/C34H45FN6O3.CH2O2/c1-6-41(26-9-15-44-16-10-26)29-18-25(24-7-8-30(37-19-24)40-13-11-36-12-14-40)17-27(22(29)4)33(42)38-20-28-31(21(2)3)32(35)23(5)39-34(28)43;2-1-3/h7-8,17-19,21,26,36H,6,9-16,20H2,1-5H3,(H,38,42)(H,39,43);1H,(H,2,3). The molecule has 254 valence electrons. The maximum Gasteiger partial charge on any atom is 0.290 e. The number of nitrogens with zero attached hydrogens (tertiary/aromatic N) is 3. The summed E-state index contributed by atoms with van der Waals surface area (Å²) in [6, 6.07) is 8.46. The minimum atomic E-state index is -0.434. The van der Waals surface area contributed by atoms with E-state index in [1.165, 1.54) is 0 Å². The number of hydrogen-bond acceptors (Lipinski definition) is 8. The van der Waals surface area contributed by atoms with E-state index in [9.17, 15) is 9.59 Å². The maximum atomic E-state index is 15.0. The molecular formula is C35H47FN6O5. The van der Waals surface area contributed by atoms with Crippen LogP contribution in [-0.2, 0) is 16.1 Å². The molecule has 12 heteroatoms. The lowest BCUT2D eigenvalue weighted by molar-refractivity contribution is -0.122. The van der Waals surface area contributed by atoms with Gasteiger partial charge in [0.1, 0.15) is 11.6 Å². The summed E-state index contributed by atoms with van der Waals surface area (Å²) in [7, 11) is 0. The van der Waals surface area contributed by atoms with Gasteiger partial charge in [0, 0.05) is 92.7 Å². The van der Waals surface area contributed by atoms with Crippen molar-refractivity contribution in [1.29, 1.82) is 0 Å². The number of piperazine rings is 1. The van der Waals surface area contributed by atoms with E-state index in [0.29, 0.717) is 30.4 Å². The SMILES string of the molecule is CCN(c1cc(-c2ccc(N3CCNCC3)nc2)cc(C(=O)NCc2c(C(C)C)c(F)c(C)[nH]c2=O)c1C)C1CCOCC1.O=CO. The number of aromatic nitrogens is 2. The van der Waals surface area contributed by atoms with Crippen LogP contribution in [0.1, 0.15) is 72.3 Å². The second-order valence-electron chi connectivity index (χ2n) is 12.2. The van der Waals surface area contributed by atoms with Crippen molar-refractivity contribution in [2.45, 2.75) is 66.0 Å². The largest absolute Gasteiger partial charge is 0.483 e. The first-order chi connectivity index (χ1) is 22.6. The van der Waals surface area contributed by atoms with Crippen molar-refractivity contribution < 1.29 is 23.8 Å². The Bertz CT molecular complexity index is 1580. The van der Waals surface area contributed by atoms with Crippen LogP contribution < -0.4 is 26.0 Å². The molecule has 0 bridgehead atoms. The number of benzene rings is 1. The number of aromatic amines is 1. The van der Waals surface area contributed by atoms with Gasteiger partial charge in [0.25, 0.3) is 17.9 Å². The van der Waals surface area contributed by atoms with Crippen molar-refractivity contribution in [3.8, 4) is 11.1 Å². The van der Waals surface area contributed by atoms with E-state index in [4.69, 9.17) is 19.6 Å². The molecule has 2 fully saturated rings. The van der Waals surface area contributed by atoms with Gasteiger partial charge in [-0.15, -0.1) is 0 Å². The van der Waals surface area contributed by atoms with Crippen molar-refractivity contribution in [3.63, 3.8) is 0 Å². The molecule has 0 saturated carbocycles. The number of halogens is 1. The second-order valence-corrected chi connectivity index (χ2v) is 12.2. The van der Waals surface area contributed by atoms with Crippen molar-refractivity contribution in [2.24, 2.45) is 0 Å². The van der Waals surface area contributed by atoms with E-state index in [1.807, 2.05) is 39.1 Å². The second kappa shape index (κ2) is 16.5. The molecule has 0 radical (unpaired) electrons. The number of nitrogens with one attached hydrogen (secondary N) is 3. The first-order valence-corrected chi connectivity index (χ1v) is 16.3. The maximum absolute atomic E-state index is 15.0. The van der Waals surface area contributed by atoms with Crippen LogP contribution in [0, 0.1) is 19.7 Å². The molecule has 5 rings (SSSR count). The summed E-state index contributed by atoms with van der Waals surface area (Å²) < 4.78 is 20.7. The van der Waals surface area contributed by atoms with Gasteiger partial charge in [0.15, 0.2) is 0 Å². The number of carboxylic acid groups (broad SMARTS) is 1. The van der Waals surface area contributed by atoms with E-state index < -0.39 is 5.82 Å². The fourth-order valence-corrected chi connectivity index (χ4v) is 6.46. The lowest BCUT2D eigenvalue weighted by Gasteiger charge is -2.37. The van der Waals surface area contributed by atoms with Gasteiger partial charge < -0.3 is 35.3 Å². The average Bonchev–Trinajstić information content (AvgIpc) is 3.08. The molecule has 0 atom stereocenters. The molecule has 1 aromatic carbocycles. The third-order valence-electron chi connectivity index (χ3n) is 8.90. The molecule has 2 saturated heterocycles. The third-order valence-corrected chi connectivity index (χ3v) is 8.90. The van der Waals surface area contributed by atoms with Crippen LogP contribution >= 0.6 is 0 Å². The molecule has 4 N–H and O–H groups in total. The number of ether oxygens (including phenoxy) is 1. The Labute approximate surface area is 275 Å². The fourth-order valence-electron chi connectivity index (χ4n) is 6.46. The van der Waals surface area contributed by atoms with Gasteiger partial charge in [-0.3, -0.25) is 14.4 Å². The zero-order valence-electron chi connectivity index (χ0n) is 28.0. The van der Waals surface area contributed by atoms with Gasteiger partial charge in [-0.05, 0) is 74.9 Å². The first kappa shape index (κ1) is 35.6. The summed E-state index contributed by atoms with van der Waals surface area (Å²) in [5, 5.41) is 13.2. The third kappa shape index (κ3) is 8.36. The fraction of sp³-hybridized carbons (Fsp3) is 0.486. The summed E-state index contributed by atoms with van der Waals surface area (Å²) in [5.74, 6) is -0.0199.